The number of aromatic nitrogens is 3. The molecule has 7 nitrogen and oxygen atoms in total. The van der Waals surface area contributed by atoms with Gasteiger partial charge in [-0.1, -0.05) is 72.8 Å². The first-order chi connectivity index (χ1) is 16.7. The molecule has 170 valence electrons. The lowest BCUT2D eigenvalue weighted by Gasteiger charge is -2.29. The van der Waals surface area contributed by atoms with Crippen LogP contribution in [0.4, 0.5) is 5.95 Å². The average molecular weight is 453 g/mol. The maximum absolute atomic E-state index is 13.2. The fourth-order valence-corrected chi connectivity index (χ4v) is 4.02. The Balaban J connectivity index is 1.52. The van der Waals surface area contributed by atoms with Crippen molar-refractivity contribution in [2.45, 2.75) is 19.6 Å². The molecule has 1 atom stereocenters. The molecule has 0 fully saturated rings. The molecule has 7 heteroatoms. The van der Waals surface area contributed by atoms with E-state index in [0.29, 0.717) is 23.8 Å². The number of ether oxygens (including phenoxy) is 2. The van der Waals surface area contributed by atoms with Crippen LogP contribution in [0.2, 0.25) is 0 Å². The van der Waals surface area contributed by atoms with Crippen molar-refractivity contribution in [3.05, 3.63) is 114 Å². The first-order valence-corrected chi connectivity index (χ1v) is 11.1. The molecule has 1 N–H and O–H groups in total. The molecule has 34 heavy (non-hydrogen) atoms. The summed E-state index contributed by atoms with van der Waals surface area (Å²) < 4.78 is 13.1. The van der Waals surface area contributed by atoms with Crippen LogP contribution in [-0.2, 0) is 16.1 Å². The molecule has 2 heterocycles. The van der Waals surface area contributed by atoms with Crippen LogP contribution in [0, 0.1) is 0 Å². The fraction of sp³-hybridized carbons (Fsp3) is 0.148. The molecule has 0 bridgehead atoms. The number of rotatable bonds is 7. The van der Waals surface area contributed by atoms with Crippen molar-refractivity contribution >= 4 is 17.6 Å². The van der Waals surface area contributed by atoms with Crippen LogP contribution < -0.4 is 10.1 Å². The lowest BCUT2D eigenvalue weighted by Crippen LogP contribution is -2.30. The van der Waals surface area contributed by atoms with Gasteiger partial charge in [-0.3, -0.25) is 0 Å². The van der Waals surface area contributed by atoms with Crippen molar-refractivity contribution in [2.24, 2.45) is 0 Å². The maximum Gasteiger partial charge on any atom is 0.338 e. The van der Waals surface area contributed by atoms with Gasteiger partial charge in [0.25, 0.3) is 0 Å². The van der Waals surface area contributed by atoms with Crippen molar-refractivity contribution in [3.8, 4) is 5.75 Å². The summed E-state index contributed by atoms with van der Waals surface area (Å²) in [4.78, 5) is 17.6. The molecule has 0 unspecified atom stereocenters. The van der Waals surface area contributed by atoms with Crippen molar-refractivity contribution < 1.29 is 14.3 Å². The van der Waals surface area contributed by atoms with Gasteiger partial charge in [0.2, 0.25) is 5.95 Å². The predicted molar refractivity (Wildman–Crippen MR) is 129 cm³/mol. The summed E-state index contributed by atoms with van der Waals surface area (Å²) in [5.41, 5.74) is 3.97. The van der Waals surface area contributed by atoms with Crippen LogP contribution in [0.1, 0.15) is 29.7 Å². The van der Waals surface area contributed by atoms with Gasteiger partial charge in [-0.2, -0.15) is 10.1 Å². The molecule has 1 aliphatic rings. The Labute approximate surface area is 197 Å². The minimum atomic E-state index is -0.504. The molecule has 0 radical (unpaired) electrons. The molecule has 3 aromatic carbocycles. The third-order valence-electron chi connectivity index (χ3n) is 5.60. The zero-order valence-corrected chi connectivity index (χ0v) is 18.7. The van der Waals surface area contributed by atoms with Crippen molar-refractivity contribution in [1.29, 1.82) is 0 Å². The van der Waals surface area contributed by atoms with Gasteiger partial charge in [-0.05, 0) is 35.7 Å². The fourth-order valence-electron chi connectivity index (χ4n) is 4.02. The van der Waals surface area contributed by atoms with Crippen LogP contribution in [-0.4, -0.2) is 27.3 Å². The van der Waals surface area contributed by atoms with E-state index in [0.717, 1.165) is 22.4 Å². The number of nitrogens with one attached hydrogen (secondary N) is 1. The first-order valence-electron chi connectivity index (χ1n) is 11.1. The standard InChI is InChI=1S/C27H24N4O3/c1-2-33-26(32)23-24(20-11-7-4-8-12-20)30-27-28-18-29-31(27)25(23)21-13-15-22(16-14-21)34-17-19-9-5-3-6-10-19/h3-16,18,25H,2,17H2,1H3,(H,28,29,30)/t25-/m0/s1. The summed E-state index contributed by atoms with van der Waals surface area (Å²) in [6.07, 6.45) is 1.48. The summed E-state index contributed by atoms with van der Waals surface area (Å²) in [5, 5.41) is 7.68. The third kappa shape index (κ3) is 4.28. The molecule has 4 aromatic rings. The molecule has 0 amide bonds. The highest BCUT2D eigenvalue weighted by Crippen LogP contribution is 2.39. The molecule has 0 spiro atoms. The molecular weight excluding hydrogens is 428 g/mol. The highest BCUT2D eigenvalue weighted by Gasteiger charge is 2.36. The monoisotopic (exact) mass is 452 g/mol. The number of carbonyl (C=O) groups excluding carboxylic acids is 1. The van der Waals surface area contributed by atoms with E-state index in [1.807, 2.05) is 84.9 Å². The van der Waals surface area contributed by atoms with E-state index in [9.17, 15) is 4.79 Å². The van der Waals surface area contributed by atoms with Crippen molar-refractivity contribution in [2.75, 3.05) is 11.9 Å². The zero-order valence-electron chi connectivity index (χ0n) is 18.7. The molecule has 1 aromatic heterocycles. The van der Waals surface area contributed by atoms with Gasteiger partial charge in [0.15, 0.2) is 0 Å². The third-order valence-corrected chi connectivity index (χ3v) is 5.60. The number of carbonyl (C=O) groups is 1. The molecular formula is C27H24N4O3. The smallest absolute Gasteiger partial charge is 0.338 e. The van der Waals surface area contributed by atoms with Gasteiger partial charge in [-0.25, -0.2) is 9.48 Å². The quantitative estimate of drug-likeness (QED) is 0.404. The maximum atomic E-state index is 13.2. The van der Waals surface area contributed by atoms with Gasteiger partial charge < -0.3 is 14.8 Å². The van der Waals surface area contributed by atoms with E-state index in [-0.39, 0.29) is 6.61 Å². The Morgan fingerprint density at radius 1 is 0.971 bits per heavy atom. The Morgan fingerprint density at radius 3 is 2.38 bits per heavy atom. The van der Waals surface area contributed by atoms with Gasteiger partial charge in [-0.15, -0.1) is 0 Å². The van der Waals surface area contributed by atoms with E-state index in [1.54, 1.807) is 11.6 Å². The largest absolute Gasteiger partial charge is 0.489 e. The molecule has 1 aliphatic heterocycles. The molecule has 0 aliphatic carbocycles. The van der Waals surface area contributed by atoms with Crippen LogP contribution in [0.25, 0.3) is 5.70 Å². The minimum absolute atomic E-state index is 0.271. The van der Waals surface area contributed by atoms with Crippen LogP contribution in [0.3, 0.4) is 0 Å². The van der Waals surface area contributed by atoms with Crippen LogP contribution >= 0.6 is 0 Å². The zero-order chi connectivity index (χ0) is 23.3. The van der Waals surface area contributed by atoms with Crippen molar-refractivity contribution in [3.63, 3.8) is 0 Å². The first kappa shape index (κ1) is 21.5. The summed E-state index contributed by atoms with van der Waals surface area (Å²) in [6, 6.07) is 26.9. The summed E-state index contributed by atoms with van der Waals surface area (Å²) in [6.45, 7) is 2.55. The van der Waals surface area contributed by atoms with Crippen molar-refractivity contribution in [1.82, 2.24) is 14.8 Å². The lowest BCUT2D eigenvalue weighted by molar-refractivity contribution is -0.138. The van der Waals surface area contributed by atoms with E-state index >= 15 is 0 Å². The Morgan fingerprint density at radius 2 is 1.68 bits per heavy atom. The van der Waals surface area contributed by atoms with Gasteiger partial charge in [0.05, 0.1) is 17.9 Å². The SMILES string of the molecule is CCOC(=O)C1=C(c2ccccc2)Nc2ncnn2[C@H]1c1ccc(OCc2ccccc2)cc1. The summed E-state index contributed by atoms with van der Waals surface area (Å²) >= 11 is 0. The van der Waals surface area contributed by atoms with Crippen LogP contribution in [0.5, 0.6) is 5.75 Å². The average Bonchev–Trinajstić information content (AvgIpc) is 3.36. The molecule has 0 saturated heterocycles. The number of benzene rings is 3. The molecule has 0 saturated carbocycles. The second-order valence-corrected chi connectivity index (χ2v) is 7.77. The summed E-state index contributed by atoms with van der Waals surface area (Å²) in [7, 11) is 0. The number of anilines is 1. The number of fused-ring (bicyclic) bond motifs is 1. The second kappa shape index (κ2) is 9.62. The van der Waals surface area contributed by atoms with Crippen LogP contribution in [0.15, 0.2) is 96.8 Å². The highest BCUT2D eigenvalue weighted by atomic mass is 16.5. The Bertz CT molecular complexity index is 1300. The normalized spacial score (nSPS) is 14.8. The molecule has 5 rings (SSSR count). The number of esters is 1. The lowest BCUT2D eigenvalue weighted by atomic mass is 9.93. The van der Waals surface area contributed by atoms with E-state index < -0.39 is 12.0 Å². The van der Waals surface area contributed by atoms with E-state index in [2.05, 4.69) is 15.4 Å². The predicted octanol–water partition coefficient (Wildman–Crippen LogP) is 4.85. The van der Waals surface area contributed by atoms with E-state index in [4.69, 9.17) is 9.47 Å². The number of hydrogen-bond acceptors (Lipinski definition) is 6. The number of hydrogen-bond donors (Lipinski definition) is 1. The van der Waals surface area contributed by atoms with E-state index in [1.165, 1.54) is 6.33 Å². The number of nitrogens with zero attached hydrogens (tertiary/aromatic N) is 3. The Kier molecular flexibility index (Phi) is 6.07. The minimum Gasteiger partial charge on any atom is -0.489 e. The topological polar surface area (TPSA) is 78.3 Å². The van der Waals surface area contributed by atoms with Gasteiger partial charge >= 0.3 is 5.97 Å². The Hall–Kier alpha value is -4.39. The highest BCUT2D eigenvalue weighted by molar-refractivity contribution is 6.02. The second-order valence-electron chi connectivity index (χ2n) is 7.77. The summed E-state index contributed by atoms with van der Waals surface area (Å²) in [5.74, 6) is 0.899. The van der Waals surface area contributed by atoms with Gasteiger partial charge in [0, 0.05) is 0 Å². The van der Waals surface area contributed by atoms with Gasteiger partial charge in [0.1, 0.15) is 24.7 Å².